The Balaban J connectivity index is 2.39. The monoisotopic (exact) mass is 260 g/mol. The molecule has 1 heterocycles. The number of nitrogen functional groups attached to an aromatic ring is 1. The van der Waals surface area contributed by atoms with E-state index in [9.17, 15) is 0 Å². The zero-order valence-electron chi connectivity index (χ0n) is 12.2. The van der Waals surface area contributed by atoms with Crippen LogP contribution >= 0.6 is 0 Å². The van der Waals surface area contributed by atoms with Crippen LogP contribution in [0.25, 0.3) is 0 Å². The third-order valence-electron chi connectivity index (χ3n) is 4.05. The van der Waals surface area contributed by atoms with Crippen molar-refractivity contribution in [2.24, 2.45) is 5.73 Å². The van der Waals surface area contributed by atoms with Crippen molar-refractivity contribution in [1.82, 2.24) is 4.98 Å². The molecular weight excluding hydrogens is 236 g/mol. The Morgan fingerprint density at radius 3 is 2.53 bits per heavy atom. The second-order valence-electron chi connectivity index (χ2n) is 5.60. The minimum Gasteiger partial charge on any atom is -0.384 e. The molecule has 2 rings (SSSR count). The Kier molecular flexibility index (Phi) is 4.08. The van der Waals surface area contributed by atoms with Crippen LogP contribution in [-0.4, -0.2) is 23.9 Å². The summed E-state index contributed by atoms with van der Waals surface area (Å²) in [4.78, 5) is 6.87. The quantitative estimate of drug-likeness (QED) is 0.648. The van der Waals surface area contributed by atoms with E-state index in [0.717, 1.165) is 22.6 Å². The molecule has 104 valence electrons. The number of aromatic nitrogens is 1. The highest BCUT2D eigenvalue weighted by Gasteiger charge is 2.23. The summed E-state index contributed by atoms with van der Waals surface area (Å²) in [6.45, 7) is 4.00. The zero-order valence-corrected chi connectivity index (χ0v) is 12.2. The average molecular weight is 260 g/mol. The molecule has 1 fully saturated rings. The predicted molar refractivity (Wildman–Crippen MR) is 80.0 cm³/mol. The summed E-state index contributed by atoms with van der Waals surface area (Å²) >= 11 is 0. The van der Waals surface area contributed by atoms with Gasteiger partial charge in [-0.3, -0.25) is 5.41 Å². The number of rotatable bonds is 3. The number of anilines is 1. The van der Waals surface area contributed by atoms with Gasteiger partial charge in [0.2, 0.25) is 0 Å². The first-order chi connectivity index (χ1) is 9.00. The Morgan fingerprint density at radius 1 is 1.32 bits per heavy atom. The SMILES string of the molecule is Cc1cc(C)c(C(=N)N)c(N(C)C2CCCCC2)n1. The summed E-state index contributed by atoms with van der Waals surface area (Å²) in [6, 6.07) is 2.52. The van der Waals surface area contributed by atoms with E-state index in [1.54, 1.807) is 0 Å². The highest BCUT2D eigenvalue weighted by Crippen LogP contribution is 2.28. The molecule has 0 atom stereocenters. The van der Waals surface area contributed by atoms with Crippen LogP contribution in [-0.2, 0) is 0 Å². The van der Waals surface area contributed by atoms with Gasteiger partial charge in [-0.05, 0) is 38.3 Å². The lowest BCUT2D eigenvalue weighted by Gasteiger charge is -2.33. The first-order valence-corrected chi connectivity index (χ1v) is 7.06. The zero-order chi connectivity index (χ0) is 14.0. The number of hydrogen-bond acceptors (Lipinski definition) is 3. The van der Waals surface area contributed by atoms with Gasteiger partial charge in [-0.15, -0.1) is 0 Å². The number of amidine groups is 1. The Hall–Kier alpha value is -1.58. The van der Waals surface area contributed by atoms with E-state index in [-0.39, 0.29) is 5.84 Å². The molecule has 1 aliphatic carbocycles. The van der Waals surface area contributed by atoms with Crippen LogP contribution < -0.4 is 10.6 Å². The lowest BCUT2D eigenvalue weighted by Crippen LogP contribution is -2.36. The fraction of sp³-hybridized carbons (Fsp3) is 0.600. The van der Waals surface area contributed by atoms with Gasteiger partial charge >= 0.3 is 0 Å². The molecule has 3 N–H and O–H groups in total. The Labute approximate surface area is 115 Å². The van der Waals surface area contributed by atoms with Crippen molar-refractivity contribution in [2.45, 2.75) is 52.0 Å². The molecule has 4 heteroatoms. The predicted octanol–water partition coefficient (Wildman–Crippen LogP) is 2.75. The van der Waals surface area contributed by atoms with Crippen molar-refractivity contribution in [3.8, 4) is 0 Å². The van der Waals surface area contributed by atoms with Crippen LogP contribution in [0.3, 0.4) is 0 Å². The number of pyridine rings is 1. The maximum absolute atomic E-state index is 7.81. The van der Waals surface area contributed by atoms with E-state index in [2.05, 4.69) is 16.9 Å². The molecule has 0 saturated heterocycles. The molecule has 0 unspecified atom stereocenters. The minimum atomic E-state index is 0.114. The van der Waals surface area contributed by atoms with Gasteiger partial charge in [0.1, 0.15) is 11.7 Å². The van der Waals surface area contributed by atoms with Crippen molar-refractivity contribution >= 4 is 11.7 Å². The van der Waals surface area contributed by atoms with Crippen molar-refractivity contribution in [1.29, 1.82) is 5.41 Å². The molecule has 0 amide bonds. The molecule has 1 aromatic rings. The van der Waals surface area contributed by atoms with E-state index >= 15 is 0 Å². The molecule has 19 heavy (non-hydrogen) atoms. The first-order valence-electron chi connectivity index (χ1n) is 7.06. The number of aryl methyl sites for hydroxylation is 2. The molecule has 0 bridgehead atoms. The van der Waals surface area contributed by atoms with Crippen molar-refractivity contribution in [3.63, 3.8) is 0 Å². The second kappa shape index (κ2) is 5.59. The highest BCUT2D eigenvalue weighted by molar-refractivity contribution is 6.01. The fourth-order valence-electron chi connectivity index (χ4n) is 3.05. The molecule has 1 aliphatic rings. The third kappa shape index (κ3) is 2.88. The first kappa shape index (κ1) is 13.8. The Morgan fingerprint density at radius 2 is 1.95 bits per heavy atom. The number of nitrogens with zero attached hydrogens (tertiary/aromatic N) is 2. The maximum atomic E-state index is 7.81. The normalized spacial score (nSPS) is 16.4. The summed E-state index contributed by atoms with van der Waals surface area (Å²) in [5.74, 6) is 0.986. The van der Waals surface area contributed by atoms with Crippen molar-refractivity contribution in [2.75, 3.05) is 11.9 Å². The van der Waals surface area contributed by atoms with Crippen LogP contribution in [0.15, 0.2) is 6.07 Å². The van der Waals surface area contributed by atoms with Crippen molar-refractivity contribution < 1.29 is 0 Å². The van der Waals surface area contributed by atoms with Crippen LogP contribution in [0.1, 0.15) is 48.9 Å². The van der Waals surface area contributed by atoms with Crippen LogP contribution in [0.5, 0.6) is 0 Å². The van der Waals surface area contributed by atoms with Crippen LogP contribution in [0.4, 0.5) is 5.82 Å². The van der Waals surface area contributed by atoms with Gasteiger partial charge in [-0.2, -0.15) is 0 Å². The molecule has 4 nitrogen and oxygen atoms in total. The van der Waals surface area contributed by atoms with E-state index in [1.165, 1.54) is 32.1 Å². The molecule has 0 aliphatic heterocycles. The van der Waals surface area contributed by atoms with Gasteiger partial charge in [-0.1, -0.05) is 19.3 Å². The molecule has 0 radical (unpaired) electrons. The molecule has 0 spiro atoms. The summed E-state index contributed by atoms with van der Waals surface area (Å²) in [6.07, 6.45) is 6.33. The number of nitrogens with two attached hydrogens (primary N) is 1. The summed E-state index contributed by atoms with van der Waals surface area (Å²) in [5.41, 5.74) is 8.57. The minimum absolute atomic E-state index is 0.114. The highest BCUT2D eigenvalue weighted by atomic mass is 15.2. The summed E-state index contributed by atoms with van der Waals surface area (Å²) in [5, 5.41) is 7.81. The number of nitrogens with one attached hydrogen (secondary N) is 1. The van der Waals surface area contributed by atoms with Gasteiger partial charge in [-0.25, -0.2) is 4.98 Å². The van der Waals surface area contributed by atoms with Crippen molar-refractivity contribution in [3.05, 3.63) is 22.9 Å². The lowest BCUT2D eigenvalue weighted by molar-refractivity contribution is 0.426. The van der Waals surface area contributed by atoms with Gasteiger partial charge in [0.05, 0.1) is 5.56 Å². The average Bonchev–Trinajstić information content (AvgIpc) is 2.37. The Bertz CT molecular complexity index is 475. The second-order valence-corrected chi connectivity index (χ2v) is 5.60. The topological polar surface area (TPSA) is 66.0 Å². The molecule has 1 saturated carbocycles. The maximum Gasteiger partial charge on any atom is 0.140 e. The molecule has 1 aromatic heterocycles. The third-order valence-corrected chi connectivity index (χ3v) is 4.05. The number of hydrogen-bond donors (Lipinski definition) is 2. The van der Waals surface area contributed by atoms with Crippen LogP contribution in [0.2, 0.25) is 0 Å². The smallest absolute Gasteiger partial charge is 0.140 e. The van der Waals surface area contributed by atoms with Gasteiger partial charge in [0.25, 0.3) is 0 Å². The summed E-state index contributed by atoms with van der Waals surface area (Å²) in [7, 11) is 2.09. The van der Waals surface area contributed by atoms with E-state index < -0.39 is 0 Å². The standard InChI is InChI=1S/C15H24N4/c1-10-9-11(2)18-15(13(10)14(16)17)19(3)12-7-5-4-6-8-12/h9,12H,4-8H2,1-3H3,(H3,16,17). The van der Waals surface area contributed by atoms with E-state index in [1.807, 2.05) is 19.9 Å². The van der Waals surface area contributed by atoms with Crippen LogP contribution in [0, 0.1) is 19.3 Å². The lowest BCUT2D eigenvalue weighted by atomic mass is 9.94. The van der Waals surface area contributed by atoms with Gasteiger partial charge < -0.3 is 10.6 Å². The largest absolute Gasteiger partial charge is 0.384 e. The van der Waals surface area contributed by atoms with E-state index in [0.29, 0.717) is 6.04 Å². The molecule has 0 aromatic carbocycles. The van der Waals surface area contributed by atoms with Gasteiger partial charge in [0, 0.05) is 18.8 Å². The summed E-state index contributed by atoms with van der Waals surface area (Å²) < 4.78 is 0. The fourth-order valence-corrected chi connectivity index (χ4v) is 3.05. The molecular formula is C15H24N4. The van der Waals surface area contributed by atoms with E-state index in [4.69, 9.17) is 11.1 Å². The van der Waals surface area contributed by atoms with Gasteiger partial charge in [0.15, 0.2) is 0 Å².